The lowest BCUT2D eigenvalue weighted by atomic mass is 10.0. The van der Waals surface area contributed by atoms with Crippen molar-refractivity contribution >= 4 is 11.8 Å². The molecule has 3 aromatic rings. The molecule has 0 fully saturated rings. The van der Waals surface area contributed by atoms with E-state index in [0.29, 0.717) is 45.3 Å². The zero-order chi connectivity index (χ0) is 21.1. The molecular weight excluding hydrogens is 374 g/mol. The zero-order valence-electron chi connectivity index (χ0n) is 16.5. The van der Waals surface area contributed by atoms with Gasteiger partial charge in [0.2, 0.25) is 5.75 Å². The number of nitrogens with zero attached hydrogens (tertiary/aromatic N) is 2. The molecule has 150 valence electrons. The molecule has 0 saturated carbocycles. The van der Waals surface area contributed by atoms with Crippen LogP contribution >= 0.6 is 0 Å². The first-order valence-corrected chi connectivity index (χ1v) is 8.64. The third kappa shape index (κ3) is 3.77. The van der Waals surface area contributed by atoms with Crippen molar-refractivity contribution in [2.75, 3.05) is 27.1 Å². The average molecular weight is 394 g/mol. The van der Waals surface area contributed by atoms with Crippen LogP contribution in [0.3, 0.4) is 0 Å². The summed E-state index contributed by atoms with van der Waals surface area (Å²) in [6.07, 6.45) is 1.54. The zero-order valence-corrected chi connectivity index (χ0v) is 16.5. The first-order valence-electron chi connectivity index (χ1n) is 8.64. The highest BCUT2D eigenvalue weighted by Crippen LogP contribution is 2.41. The Balaban J connectivity index is 2.13. The van der Waals surface area contributed by atoms with Crippen LogP contribution in [0, 0.1) is 6.92 Å². The Hall–Kier alpha value is -3.81. The highest BCUT2D eigenvalue weighted by molar-refractivity contribution is 5.89. The molecule has 0 bridgehead atoms. The molecule has 8 heteroatoms. The number of hydrogen-bond acceptors (Lipinski definition) is 8. The first kappa shape index (κ1) is 19.9. The van der Waals surface area contributed by atoms with Gasteiger partial charge in [-0.25, -0.2) is 9.97 Å². The van der Waals surface area contributed by atoms with E-state index in [2.05, 4.69) is 9.97 Å². The van der Waals surface area contributed by atoms with Crippen LogP contribution in [0.5, 0.6) is 17.2 Å². The quantitative estimate of drug-likeness (QED) is 0.675. The fraction of sp³-hybridized carbons (Fsp3) is 0.190. The summed E-state index contributed by atoms with van der Waals surface area (Å²) in [5.41, 5.74) is 9.00. The van der Waals surface area contributed by atoms with Gasteiger partial charge in [0.25, 0.3) is 0 Å². The van der Waals surface area contributed by atoms with E-state index in [1.54, 1.807) is 37.4 Å². The minimum atomic E-state index is -1.24. The van der Waals surface area contributed by atoms with Crippen LogP contribution in [-0.2, 0) is 0 Å². The normalized spacial score (nSPS) is 10.5. The number of aryl methyl sites for hydroxylation is 1. The Morgan fingerprint density at radius 1 is 1.00 bits per heavy atom. The van der Waals surface area contributed by atoms with Crippen LogP contribution in [-0.4, -0.2) is 37.3 Å². The molecule has 2 aromatic carbocycles. The van der Waals surface area contributed by atoms with E-state index in [4.69, 9.17) is 19.9 Å². The van der Waals surface area contributed by atoms with Gasteiger partial charge >= 0.3 is 0 Å². The van der Waals surface area contributed by atoms with Crippen molar-refractivity contribution < 1.29 is 24.1 Å². The summed E-state index contributed by atoms with van der Waals surface area (Å²) in [7, 11) is 4.59. The van der Waals surface area contributed by atoms with E-state index < -0.39 is 5.97 Å². The monoisotopic (exact) mass is 394 g/mol. The van der Waals surface area contributed by atoms with Crippen molar-refractivity contribution in [2.45, 2.75) is 6.92 Å². The minimum Gasteiger partial charge on any atom is -0.545 e. The Kier molecular flexibility index (Phi) is 5.54. The Morgan fingerprint density at radius 2 is 1.66 bits per heavy atom. The topological polar surface area (TPSA) is 120 Å². The number of benzene rings is 2. The molecule has 1 heterocycles. The summed E-state index contributed by atoms with van der Waals surface area (Å²) >= 11 is 0. The lowest BCUT2D eigenvalue weighted by Crippen LogP contribution is -2.23. The van der Waals surface area contributed by atoms with Crippen LogP contribution < -0.4 is 25.1 Å². The number of carboxylic acids is 1. The number of nitrogens with two attached hydrogens (primary N) is 1. The molecule has 0 radical (unpaired) electrons. The van der Waals surface area contributed by atoms with Crippen LogP contribution in [0.25, 0.3) is 22.5 Å². The second kappa shape index (κ2) is 8.05. The number of carboxylic acid groups (broad SMARTS) is 1. The molecule has 0 aliphatic rings. The third-order valence-corrected chi connectivity index (χ3v) is 4.48. The van der Waals surface area contributed by atoms with Crippen molar-refractivity contribution in [2.24, 2.45) is 0 Å². The number of hydrogen-bond donors (Lipinski definition) is 1. The predicted molar refractivity (Wildman–Crippen MR) is 106 cm³/mol. The molecule has 0 atom stereocenters. The summed E-state index contributed by atoms with van der Waals surface area (Å²) in [5, 5.41) is 11.2. The average Bonchev–Trinajstić information content (AvgIpc) is 2.72. The van der Waals surface area contributed by atoms with E-state index in [9.17, 15) is 9.90 Å². The largest absolute Gasteiger partial charge is 0.545 e. The summed E-state index contributed by atoms with van der Waals surface area (Å²) in [5.74, 6) is 0.421. The summed E-state index contributed by atoms with van der Waals surface area (Å²) in [6.45, 7) is 1.68. The standard InChI is InChI=1S/C21H21N3O5/c1-11-7-12(5-6-14(11)21(25)26)18-20(22)23-10-15(24-18)13-8-16(27-2)19(29-4)17(9-13)28-3/h5-10H,1-4H3,(H2,22,23)(H,25,26)/p-1. The molecule has 0 amide bonds. The molecule has 29 heavy (non-hydrogen) atoms. The molecule has 3 rings (SSSR count). The lowest BCUT2D eigenvalue weighted by Gasteiger charge is -2.15. The van der Waals surface area contributed by atoms with Crippen LogP contribution in [0.1, 0.15) is 15.9 Å². The maximum atomic E-state index is 11.2. The van der Waals surface area contributed by atoms with Crippen LogP contribution in [0.4, 0.5) is 5.82 Å². The molecule has 0 spiro atoms. The molecule has 0 aliphatic carbocycles. The van der Waals surface area contributed by atoms with Gasteiger partial charge in [-0.3, -0.25) is 0 Å². The van der Waals surface area contributed by atoms with Crippen molar-refractivity contribution in [3.8, 4) is 39.8 Å². The molecule has 0 aliphatic heterocycles. The van der Waals surface area contributed by atoms with Crippen molar-refractivity contribution in [3.63, 3.8) is 0 Å². The lowest BCUT2D eigenvalue weighted by molar-refractivity contribution is -0.255. The van der Waals surface area contributed by atoms with Crippen LogP contribution in [0.2, 0.25) is 0 Å². The number of carbonyl (C=O) groups excluding carboxylic acids is 1. The van der Waals surface area contributed by atoms with Crippen LogP contribution in [0.15, 0.2) is 36.5 Å². The van der Waals surface area contributed by atoms with Crippen molar-refractivity contribution in [3.05, 3.63) is 47.7 Å². The van der Waals surface area contributed by atoms with Gasteiger partial charge in [-0.05, 0) is 30.7 Å². The fourth-order valence-electron chi connectivity index (χ4n) is 3.02. The van der Waals surface area contributed by atoms with Gasteiger partial charge in [-0.15, -0.1) is 0 Å². The van der Waals surface area contributed by atoms with E-state index >= 15 is 0 Å². The molecule has 8 nitrogen and oxygen atoms in total. The Labute approximate surface area is 167 Å². The van der Waals surface area contributed by atoms with E-state index in [1.165, 1.54) is 27.4 Å². The summed E-state index contributed by atoms with van der Waals surface area (Å²) in [4.78, 5) is 20.0. The predicted octanol–water partition coefficient (Wildman–Crippen LogP) is 2.09. The SMILES string of the molecule is COc1cc(-c2cnc(N)c(-c3ccc(C(=O)[O-])c(C)c3)n2)cc(OC)c1OC. The number of rotatable bonds is 6. The molecule has 0 unspecified atom stereocenters. The van der Waals surface area contributed by atoms with Crippen molar-refractivity contribution in [1.82, 2.24) is 9.97 Å². The van der Waals surface area contributed by atoms with E-state index in [1.807, 2.05) is 0 Å². The summed E-state index contributed by atoms with van der Waals surface area (Å²) in [6, 6.07) is 8.29. The van der Waals surface area contributed by atoms with Gasteiger partial charge < -0.3 is 29.8 Å². The van der Waals surface area contributed by atoms with E-state index in [-0.39, 0.29) is 11.4 Å². The van der Waals surface area contributed by atoms with E-state index in [0.717, 1.165) is 0 Å². The maximum absolute atomic E-state index is 11.2. The molecule has 2 N–H and O–H groups in total. The molecular formula is C21H20N3O5-. The number of nitrogen functional groups attached to an aromatic ring is 1. The number of aromatic carboxylic acids is 1. The van der Waals surface area contributed by atoms with Gasteiger partial charge in [-0.1, -0.05) is 12.1 Å². The second-order valence-electron chi connectivity index (χ2n) is 6.22. The summed E-state index contributed by atoms with van der Waals surface area (Å²) < 4.78 is 16.1. The number of aromatic nitrogens is 2. The molecule has 1 aromatic heterocycles. The van der Waals surface area contributed by atoms with Gasteiger partial charge in [0.1, 0.15) is 11.5 Å². The Morgan fingerprint density at radius 3 is 2.17 bits per heavy atom. The first-order chi connectivity index (χ1) is 13.9. The number of ether oxygens (including phenoxy) is 3. The smallest absolute Gasteiger partial charge is 0.203 e. The maximum Gasteiger partial charge on any atom is 0.203 e. The van der Waals surface area contributed by atoms with Gasteiger partial charge in [-0.2, -0.15) is 0 Å². The minimum absolute atomic E-state index is 0.112. The van der Waals surface area contributed by atoms with Crippen molar-refractivity contribution in [1.29, 1.82) is 0 Å². The second-order valence-corrected chi connectivity index (χ2v) is 6.22. The Bertz CT molecular complexity index is 1060. The molecule has 0 saturated heterocycles. The number of anilines is 1. The van der Waals surface area contributed by atoms with Gasteiger partial charge in [0.05, 0.1) is 39.2 Å². The fourth-order valence-corrected chi connectivity index (χ4v) is 3.02. The highest BCUT2D eigenvalue weighted by Gasteiger charge is 2.16. The third-order valence-electron chi connectivity index (χ3n) is 4.48. The van der Waals surface area contributed by atoms with Gasteiger partial charge in [0.15, 0.2) is 11.5 Å². The number of carbonyl (C=O) groups is 1. The number of methoxy groups -OCH3 is 3. The van der Waals surface area contributed by atoms with Gasteiger partial charge in [0, 0.05) is 16.7 Å². The highest BCUT2D eigenvalue weighted by atomic mass is 16.5.